The van der Waals surface area contributed by atoms with Crippen molar-refractivity contribution in [2.24, 2.45) is 0 Å². The summed E-state index contributed by atoms with van der Waals surface area (Å²) in [6, 6.07) is 27.9. The molecule has 1 fully saturated rings. The number of anilines is 2. The van der Waals surface area contributed by atoms with Gasteiger partial charge in [-0.15, -0.1) is 11.3 Å². The van der Waals surface area contributed by atoms with E-state index in [1.54, 1.807) is 0 Å². The average Bonchev–Trinajstić information content (AvgIpc) is 3.25. The largest absolute Gasteiger partial charge is 0.492 e. The van der Waals surface area contributed by atoms with Gasteiger partial charge in [0.25, 0.3) is 0 Å². The number of hydrogen-bond acceptors (Lipinski definition) is 4. The Morgan fingerprint density at radius 2 is 1.56 bits per heavy atom. The summed E-state index contributed by atoms with van der Waals surface area (Å²) < 4.78 is 7.35. The Labute approximate surface area is 194 Å². The zero-order valence-electron chi connectivity index (χ0n) is 18.7. The quantitative estimate of drug-likeness (QED) is 0.301. The highest BCUT2D eigenvalue weighted by atomic mass is 32.1. The maximum atomic E-state index is 6.04. The second-order valence-electron chi connectivity index (χ2n) is 8.45. The molecule has 164 valence electrons. The summed E-state index contributed by atoms with van der Waals surface area (Å²) in [6.07, 6.45) is 4.02. The van der Waals surface area contributed by atoms with Gasteiger partial charge < -0.3 is 9.64 Å². The number of rotatable bonds is 7. The molecule has 0 N–H and O–H groups in total. The normalized spacial score (nSPS) is 14.5. The SMILES string of the molecule is CN(c1ccc(OCCN2CCCCC2)cc1)c1c(-c2ccccc2)sc2ccccc12. The van der Waals surface area contributed by atoms with Gasteiger partial charge in [0, 0.05) is 29.4 Å². The van der Waals surface area contributed by atoms with E-state index < -0.39 is 0 Å². The van der Waals surface area contributed by atoms with Crippen LogP contribution in [0.15, 0.2) is 78.9 Å². The summed E-state index contributed by atoms with van der Waals surface area (Å²) in [7, 11) is 2.16. The summed E-state index contributed by atoms with van der Waals surface area (Å²) in [4.78, 5) is 6.12. The van der Waals surface area contributed by atoms with Crippen molar-refractivity contribution in [1.29, 1.82) is 0 Å². The van der Waals surface area contributed by atoms with Gasteiger partial charge in [-0.2, -0.15) is 0 Å². The first-order valence-corrected chi connectivity index (χ1v) is 12.4. The summed E-state index contributed by atoms with van der Waals surface area (Å²) in [5.41, 5.74) is 3.68. The number of ether oxygens (including phenoxy) is 1. The Morgan fingerprint density at radius 3 is 2.34 bits per heavy atom. The Bertz CT molecular complexity index is 1150. The molecule has 0 amide bonds. The molecule has 1 aliphatic rings. The van der Waals surface area contributed by atoms with E-state index in [4.69, 9.17) is 4.74 Å². The van der Waals surface area contributed by atoms with Gasteiger partial charge in [-0.05, 0) is 61.8 Å². The van der Waals surface area contributed by atoms with Crippen molar-refractivity contribution in [3.05, 3.63) is 78.9 Å². The molecule has 0 aliphatic carbocycles. The standard InChI is InChI=1S/C28H30N2OS/c1-29(23-14-16-24(17-15-23)31-21-20-30-18-8-3-9-19-30)27-25-12-6-7-13-26(25)32-28(27)22-10-4-2-5-11-22/h2,4-7,10-17H,3,8-9,18-21H2,1H3. The van der Waals surface area contributed by atoms with E-state index in [9.17, 15) is 0 Å². The van der Waals surface area contributed by atoms with E-state index in [2.05, 4.69) is 95.7 Å². The molecule has 5 rings (SSSR count). The zero-order valence-corrected chi connectivity index (χ0v) is 19.5. The molecule has 0 bridgehead atoms. The summed E-state index contributed by atoms with van der Waals surface area (Å²) in [6.45, 7) is 4.20. The molecule has 1 aromatic heterocycles. The number of nitrogens with zero attached hydrogens (tertiary/aromatic N) is 2. The number of likely N-dealkylation sites (tertiary alicyclic amines) is 1. The minimum absolute atomic E-state index is 0.752. The summed E-state index contributed by atoms with van der Waals surface area (Å²) in [5.74, 6) is 0.942. The van der Waals surface area contributed by atoms with E-state index in [1.165, 1.54) is 58.6 Å². The van der Waals surface area contributed by atoms with Crippen LogP contribution in [0.3, 0.4) is 0 Å². The van der Waals surface area contributed by atoms with Crippen molar-refractivity contribution in [2.45, 2.75) is 19.3 Å². The lowest BCUT2D eigenvalue weighted by molar-refractivity contribution is 0.183. The minimum atomic E-state index is 0.752. The molecule has 4 heteroatoms. The third-order valence-corrected chi connectivity index (χ3v) is 7.50. The van der Waals surface area contributed by atoms with Gasteiger partial charge in [-0.3, -0.25) is 4.90 Å². The van der Waals surface area contributed by atoms with Crippen molar-refractivity contribution in [1.82, 2.24) is 4.90 Å². The molecule has 3 aromatic carbocycles. The Kier molecular flexibility index (Phi) is 6.42. The number of hydrogen-bond donors (Lipinski definition) is 0. The van der Waals surface area contributed by atoms with Crippen LogP contribution in [-0.2, 0) is 0 Å². The second kappa shape index (κ2) is 9.76. The van der Waals surface area contributed by atoms with Crippen molar-refractivity contribution in [3.63, 3.8) is 0 Å². The Balaban J connectivity index is 1.35. The number of thiophene rings is 1. The van der Waals surface area contributed by atoms with E-state index in [0.29, 0.717) is 0 Å². The highest BCUT2D eigenvalue weighted by Crippen LogP contribution is 2.46. The fraction of sp³-hybridized carbons (Fsp3) is 0.286. The van der Waals surface area contributed by atoms with E-state index in [-0.39, 0.29) is 0 Å². The Hall–Kier alpha value is -2.82. The van der Waals surface area contributed by atoms with Gasteiger partial charge in [0.1, 0.15) is 12.4 Å². The topological polar surface area (TPSA) is 15.7 Å². The Morgan fingerprint density at radius 1 is 0.844 bits per heavy atom. The lowest BCUT2D eigenvalue weighted by atomic mass is 10.1. The van der Waals surface area contributed by atoms with Crippen LogP contribution in [0, 0.1) is 0 Å². The van der Waals surface area contributed by atoms with E-state index in [0.717, 1.165) is 24.6 Å². The third kappa shape index (κ3) is 4.52. The molecule has 32 heavy (non-hydrogen) atoms. The molecule has 1 aliphatic heterocycles. The van der Waals surface area contributed by atoms with Crippen molar-refractivity contribution in [3.8, 4) is 16.2 Å². The van der Waals surface area contributed by atoms with Crippen LogP contribution in [-0.4, -0.2) is 38.2 Å². The van der Waals surface area contributed by atoms with Crippen molar-refractivity contribution in [2.75, 3.05) is 38.2 Å². The van der Waals surface area contributed by atoms with Crippen molar-refractivity contribution < 1.29 is 4.74 Å². The predicted octanol–water partition coefficient (Wildman–Crippen LogP) is 7.20. The van der Waals surface area contributed by atoms with Crippen LogP contribution in [0.4, 0.5) is 11.4 Å². The number of piperidine rings is 1. The van der Waals surface area contributed by atoms with Gasteiger partial charge >= 0.3 is 0 Å². The molecular weight excluding hydrogens is 412 g/mol. The molecule has 0 atom stereocenters. The van der Waals surface area contributed by atoms with Gasteiger partial charge in [-0.25, -0.2) is 0 Å². The van der Waals surface area contributed by atoms with E-state index in [1.807, 2.05) is 11.3 Å². The molecular formula is C28H30N2OS. The van der Waals surface area contributed by atoms with Gasteiger partial charge in [0.05, 0.1) is 10.6 Å². The average molecular weight is 443 g/mol. The van der Waals surface area contributed by atoms with Crippen molar-refractivity contribution >= 4 is 32.8 Å². The molecule has 0 spiro atoms. The minimum Gasteiger partial charge on any atom is -0.492 e. The fourth-order valence-corrected chi connectivity index (χ4v) is 5.76. The predicted molar refractivity (Wildman–Crippen MR) is 138 cm³/mol. The van der Waals surface area contributed by atoms with Crippen LogP contribution >= 0.6 is 11.3 Å². The third-order valence-electron chi connectivity index (χ3n) is 6.29. The monoisotopic (exact) mass is 442 g/mol. The highest BCUT2D eigenvalue weighted by Gasteiger charge is 2.18. The smallest absolute Gasteiger partial charge is 0.119 e. The zero-order chi connectivity index (χ0) is 21.8. The lowest BCUT2D eigenvalue weighted by Gasteiger charge is -2.26. The summed E-state index contributed by atoms with van der Waals surface area (Å²) >= 11 is 1.86. The first-order valence-electron chi connectivity index (χ1n) is 11.6. The number of fused-ring (bicyclic) bond motifs is 1. The highest BCUT2D eigenvalue weighted by molar-refractivity contribution is 7.23. The lowest BCUT2D eigenvalue weighted by Crippen LogP contribution is -2.33. The molecule has 1 saturated heterocycles. The van der Waals surface area contributed by atoms with Crippen LogP contribution < -0.4 is 9.64 Å². The summed E-state index contributed by atoms with van der Waals surface area (Å²) in [5, 5.41) is 1.29. The maximum Gasteiger partial charge on any atom is 0.119 e. The molecule has 2 heterocycles. The first kappa shape index (κ1) is 21.0. The van der Waals surface area contributed by atoms with Crippen LogP contribution in [0.1, 0.15) is 19.3 Å². The number of benzene rings is 3. The van der Waals surface area contributed by atoms with Crippen LogP contribution in [0.25, 0.3) is 20.5 Å². The van der Waals surface area contributed by atoms with Gasteiger partial charge in [-0.1, -0.05) is 55.0 Å². The first-order chi connectivity index (χ1) is 15.8. The van der Waals surface area contributed by atoms with E-state index >= 15 is 0 Å². The fourth-order valence-electron chi connectivity index (χ4n) is 4.52. The molecule has 3 nitrogen and oxygen atoms in total. The molecule has 0 radical (unpaired) electrons. The van der Waals surface area contributed by atoms with Gasteiger partial charge in [0.15, 0.2) is 0 Å². The molecule has 0 unspecified atom stereocenters. The van der Waals surface area contributed by atoms with Crippen LogP contribution in [0.2, 0.25) is 0 Å². The van der Waals surface area contributed by atoms with Crippen LogP contribution in [0.5, 0.6) is 5.75 Å². The maximum absolute atomic E-state index is 6.04. The van der Waals surface area contributed by atoms with Gasteiger partial charge in [0.2, 0.25) is 0 Å². The second-order valence-corrected chi connectivity index (χ2v) is 9.50. The molecule has 0 saturated carbocycles. The molecule has 4 aromatic rings.